The summed E-state index contributed by atoms with van der Waals surface area (Å²) in [5, 5.41) is 0. The topological polar surface area (TPSA) is 0 Å². The van der Waals surface area contributed by atoms with Crippen molar-refractivity contribution >= 4 is 23.2 Å². The Morgan fingerprint density at radius 1 is 1.17 bits per heavy atom. The van der Waals surface area contributed by atoms with Crippen molar-refractivity contribution in [3.63, 3.8) is 0 Å². The second-order valence-corrected chi connectivity index (χ2v) is 4.90. The van der Waals surface area contributed by atoms with Gasteiger partial charge in [0.1, 0.15) is 4.33 Å². The average Bonchev–Trinajstić information content (AvgIpc) is 2.05. The summed E-state index contributed by atoms with van der Waals surface area (Å²) in [6.45, 7) is 6.41. The molecule has 0 rings (SSSR count). The zero-order valence-corrected chi connectivity index (χ0v) is 9.88. The van der Waals surface area contributed by atoms with E-state index in [1.807, 2.05) is 0 Å². The molecular formula is C10H20Cl2. The molecule has 0 aromatic rings. The predicted octanol–water partition coefficient (Wildman–Crippen LogP) is 4.79. The van der Waals surface area contributed by atoms with Gasteiger partial charge >= 0.3 is 0 Å². The summed E-state index contributed by atoms with van der Waals surface area (Å²) in [4.78, 5) is 0. The lowest BCUT2D eigenvalue weighted by Gasteiger charge is -2.27. The molecule has 0 nitrogen and oxygen atoms in total. The molecule has 1 atom stereocenters. The van der Waals surface area contributed by atoms with E-state index in [2.05, 4.69) is 20.8 Å². The highest BCUT2D eigenvalue weighted by Gasteiger charge is 2.30. The van der Waals surface area contributed by atoms with Crippen LogP contribution in [0.2, 0.25) is 0 Å². The summed E-state index contributed by atoms with van der Waals surface area (Å²) in [7, 11) is 0. The summed E-state index contributed by atoms with van der Waals surface area (Å²) in [5.74, 6) is 0.464. The summed E-state index contributed by atoms with van der Waals surface area (Å²) in [5.41, 5.74) is 0. The van der Waals surface area contributed by atoms with Crippen LogP contribution >= 0.6 is 23.2 Å². The van der Waals surface area contributed by atoms with Gasteiger partial charge in [-0.2, -0.15) is 0 Å². The first kappa shape index (κ1) is 12.6. The van der Waals surface area contributed by atoms with Crippen molar-refractivity contribution < 1.29 is 0 Å². The molecule has 0 bridgehead atoms. The van der Waals surface area contributed by atoms with Gasteiger partial charge in [0.25, 0.3) is 0 Å². The number of alkyl halides is 2. The highest BCUT2D eigenvalue weighted by Crippen LogP contribution is 2.38. The van der Waals surface area contributed by atoms with Crippen molar-refractivity contribution in [2.75, 3.05) is 0 Å². The van der Waals surface area contributed by atoms with Crippen molar-refractivity contribution in [1.82, 2.24) is 0 Å². The van der Waals surface area contributed by atoms with Crippen LogP contribution in [0.4, 0.5) is 0 Å². The first-order valence-corrected chi connectivity index (χ1v) is 5.71. The standard InChI is InChI=1S/C10H20Cl2/c1-4-7-8-9(5-2)10(11,12)6-3/h9H,4-8H2,1-3H3. The maximum absolute atomic E-state index is 6.19. The first-order chi connectivity index (χ1) is 5.58. The van der Waals surface area contributed by atoms with Crippen molar-refractivity contribution in [1.29, 1.82) is 0 Å². The second kappa shape index (κ2) is 6.10. The molecule has 0 aliphatic heterocycles. The molecule has 0 fully saturated rings. The summed E-state index contributed by atoms with van der Waals surface area (Å²) < 4.78 is -0.496. The molecular weight excluding hydrogens is 191 g/mol. The zero-order valence-electron chi connectivity index (χ0n) is 8.37. The smallest absolute Gasteiger partial charge is 0.101 e. The summed E-state index contributed by atoms with van der Waals surface area (Å²) >= 11 is 12.4. The predicted molar refractivity (Wildman–Crippen MR) is 58.0 cm³/mol. The minimum Gasteiger partial charge on any atom is -0.101 e. The molecule has 0 radical (unpaired) electrons. The number of hydrogen-bond donors (Lipinski definition) is 0. The second-order valence-electron chi connectivity index (χ2n) is 3.36. The summed E-state index contributed by atoms with van der Waals surface area (Å²) in [6.07, 6.45) is 5.55. The van der Waals surface area contributed by atoms with Gasteiger partial charge in [0, 0.05) is 0 Å². The Hall–Kier alpha value is 0.580. The Morgan fingerprint density at radius 3 is 2.08 bits per heavy atom. The van der Waals surface area contributed by atoms with Gasteiger partial charge in [-0.3, -0.25) is 0 Å². The Balaban J connectivity index is 3.95. The van der Waals surface area contributed by atoms with E-state index in [-0.39, 0.29) is 0 Å². The van der Waals surface area contributed by atoms with Crippen LogP contribution in [-0.2, 0) is 0 Å². The van der Waals surface area contributed by atoms with Gasteiger partial charge in [-0.15, -0.1) is 23.2 Å². The Bertz CT molecular complexity index is 110. The van der Waals surface area contributed by atoms with Crippen LogP contribution in [0.3, 0.4) is 0 Å². The molecule has 0 amide bonds. The normalized spacial score (nSPS) is 14.8. The van der Waals surface area contributed by atoms with Crippen LogP contribution in [0.5, 0.6) is 0 Å². The van der Waals surface area contributed by atoms with Crippen molar-refractivity contribution in [2.24, 2.45) is 5.92 Å². The first-order valence-electron chi connectivity index (χ1n) is 4.96. The van der Waals surface area contributed by atoms with Gasteiger partial charge in [-0.25, -0.2) is 0 Å². The van der Waals surface area contributed by atoms with Gasteiger partial charge in [-0.05, 0) is 18.8 Å². The third-order valence-electron chi connectivity index (χ3n) is 2.47. The van der Waals surface area contributed by atoms with E-state index in [1.165, 1.54) is 12.8 Å². The van der Waals surface area contributed by atoms with E-state index >= 15 is 0 Å². The molecule has 0 aromatic heterocycles. The lowest BCUT2D eigenvalue weighted by Crippen LogP contribution is -2.24. The minimum absolute atomic E-state index is 0.464. The van der Waals surface area contributed by atoms with Crippen LogP contribution in [0.25, 0.3) is 0 Å². The molecule has 0 saturated carbocycles. The molecule has 2 heteroatoms. The van der Waals surface area contributed by atoms with Gasteiger partial charge in [-0.1, -0.05) is 40.0 Å². The molecule has 0 aliphatic carbocycles. The largest absolute Gasteiger partial charge is 0.120 e. The molecule has 0 saturated heterocycles. The number of unbranched alkanes of at least 4 members (excludes halogenated alkanes) is 1. The molecule has 0 heterocycles. The third kappa shape index (κ3) is 4.00. The maximum Gasteiger partial charge on any atom is 0.120 e. The molecule has 12 heavy (non-hydrogen) atoms. The van der Waals surface area contributed by atoms with Crippen molar-refractivity contribution in [2.45, 2.75) is 57.2 Å². The molecule has 0 spiro atoms. The van der Waals surface area contributed by atoms with Crippen LogP contribution in [0.1, 0.15) is 52.9 Å². The summed E-state index contributed by atoms with van der Waals surface area (Å²) in [6, 6.07) is 0. The Morgan fingerprint density at radius 2 is 1.75 bits per heavy atom. The number of halogens is 2. The molecule has 0 aromatic carbocycles. The van der Waals surface area contributed by atoms with Gasteiger partial charge in [0.2, 0.25) is 0 Å². The van der Waals surface area contributed by atoms with E-state index in [0.717, 1.165) is 19.3 Å². The number of hydrogen-bond acceptors (Lipinski definition) is 0. The highest BCUT2D eigenvalue weighted by molar-refractivity contribution is 6.48. The fraction of sp³-hybridized carbons (Fsp3) is 1.00. The van der Waals surface area contributed by atoms with E-state index < -0.39 is 4.33 Å². The quantitative estimate of drug-likeness (QED) is 0.554. The van der Waals surface area contributed by atoms with Crippen LogP contribution < -0.4 is 0 Å². The monoisotopic (exact) mass is 210 g/mol. The molecule has 0 N–H and O–H groups in total. The van der Waals surface area contributed by atoms with Crippen LogP contribution in [-0.4, -0.2) is 4.33 Å². The number of rotatable bonds is 6. The van der Waals surface area contributed by atoms with Crippen molar-refractivity contribution in [3.8, 4) is 0 Å². The van der Waals surface area contributed by atoms with E-state index in [0.29, 0.717) is 5.92 Å². The fourth-order valence-corrected chi connectivity index (χ4v) is 1.98. The fourth-order valence-electron chi connectivity index (χ4n) is 1.45. The maximum atomic E-state index is 6.19. The zero-order chi connectivity index (χ0) is 9.61. The van der Waals surface area contributed by atoms with E-state index in [1.54, 1.807) is 0 Å². The Labute approximate surface area is 86.6 Å². The lowest BCUT2D eigenvalue weighted by molar-refractivity contribution is 0.394. The lowest BCUT2D eigenvalue weighted by atomic mass is 9.94. The molecule has 0 aliphatic rings. The van der Waals surface area contributed by atoms with Gasteiger partial charge in [0.05, 0.1) is 0 Å². The highest BCUT2D eigenvalue weighted by atomic mass is 35.5. The molecule has 1 unspecified atom stereocenters. The van der Waals surface area contributed by atoms with Crippen LogP contribution in [0.15, 0.2) is 0 Å². The SMILES string of the molecule is CCCCC(CC)C(Cl)(Cl)CC. The third-order valence-corrected chi connectivity index (χ3v) is 3.62. The van der Waals surface area contributed by atoms with E-state index in [9.17, 15) is 0 Å². The van der Waals surface area contributed by atoms with Gasteiger partial charge in [0.15, 0.2) is 0 Å². The Kier molecular flexibility index (Phi) is 6.39. The van der Waals surface area contributed by atoms with Gasteiger partial charge < -0.3 is 0 Å². The van der Waals surface area contributed by atoms with Crippen LogP contribution in [0, 0.1) is 5.92 Å². The average molecular weight is 211 g/mol. The molecule has 74 valence electrons. The minimum atomic E-state index is -0.496. The van der Waals surface area contributed by atoms with Crippen molar-refractivity contribution in [3.05, 3.63) is 0 Å². The van der Waals surface area contributed by atoms with E-state index in [4.69, 9.17) is 23.2 Å².